The Hall–Kier alpha value is -1.82. The molecule has 2 heterocycles. The normalized spacial score (nSPS) is 11.6. The van der Waals surface area contributed by atoms with Gasteiger partial charge in [0.05, 0.1) is 6.54 Å². The fraction of sp³-hybridized carbons (Fsp3) is 0.412. The van der Waals surface area contributed by atoms with Gasteiger partial charge in [-0.05, 0) is 41.1 Å². The van der Waals surface area contributed by atoms with E-state index in [0.29, 0.717) is 0 Å². The minimum Gasteiger partial charge on any atom is -0.357 e. The maximum atomic E-state index is 4.71. The van der Waals surface area contributed by atoms with Crippen LogP contribution in [0.4, 0.5) is 0 Å². The number of nitrogens with one attached hydrogen (secondary N) is 1. The highest BCUT2D eigenvalue weighted by atomic mass is 79.9. The first-order valence-corrected chi connectivity index (χ1v) is 8.59. The molecule has 124 valence electrons. The maximum absolute atomic E-state index is 4.71. The number of aliphatic imine (C=N–C) groups is 1. The molecule has 0 spiro atoms. The van der Waals surface area contributed by atoms with Crippen molar-refractivity contribution < 1.29 is 0 Å². The SMILES string of the molecule is CCNC(=NCCc1ccccn1)N(C)Cc1cc(Br)cn1C. The average Bonchev–Trinajstić information content (AvgIpc) is 2.85. The summed E-state index contributed by atoms with van der Waals surface area (Å²) in [6, 6.07) is 8.11. The summed E-state index contributed by atoms with van der Waals surface area (Å²) in [6.45, 7) is 4.46. The van der Waals surface area contributed by atoms with Crippen LogP contribution >= 0.6 is 15.9 Å². The quantitative estimate of drug-likeness (QED) is 0.621. The van der Waals surface area contributed by atoms with Crippen molar-refractivity contribution in [1.29, 1.82) is 0 Å². The summed E-state index contributed by atoms with van der Waals surface area (Å²) in [6.07, 6.45) is 4.73. The van der Waals surface area contributed by atoms with E-state index in [0.717, 1.165) is 42.2 Å². The maximum Gasteiger partial charge on any atom is 0.194 e. The van der Waals surface area contributed by atoms with Crippen molar-refractivity contribution in [2.75, 3.05) is 20.1 Å². The number of rotatable bonds is 6. The Kier molecular flexibility index (Phi) is 6.65. The predicted molar refractivity (Wildman–Crippen MR) is 98.5 cm³/mol. The number of guanidine groups is 1. The van der Waals surface area contributed by atoms with Crippen molar-refractivity contribution in [3.05, 3.63) is 52.5 Å². The van der Waals surface area contributed by atoms with Gasteiger partial charge in [0.25, 0.3) is 0 Å². The van der Waals surface area contributed by atoms with Crippen molar-refractivity contribution in [3.63, 3.8) is 0 Å². The number of pyridine rings is 1. The van der Waals surface area contributed by atoms with Crippen LogP contribution in [0.2, 0.25) is 0 Å². The number of hydrogen-bond acceptors (Lipinski definition) is 2. The van der Waals surface area contributed by atoms with Gasteiger partial charge in [0.15, 0.2) is 5.96 Å². The highest BCUT2D eigenvalue weighted by Crippen LogP contribution is 2.15. The fourth-order valence-electron chi connectivity index (χ4n) is 2.33. The van der Waals surface area contributed by atoms with Gasteiger partial charge >= 0.3 is 0 Å². The van der Waals surface area contributed by atoms with Gasteiger partial charge in [-0.3, -0.25) is 9.98 Å². The van der Waals surface area contributed by atoms with Crippen molar-refractivity contribution in [3.8, 4) is 0 Å². The zero-order chi connectivity index (χ0) is 16.7. The molecule has 0 radical (unpaired) electrons. The number of halogens is 1. The largest absolute Gasteiger partial charge is 0.357 e. The lowest BCUT2D eigenvalue weighted by molar-refractivity contribution is 0.462. The van der Waals surface area contributed by atoms with Gasteiger partial charge in [-0.25, -0.2) is 0 Å². The molecule has 5 nitrogen and oxygen atoms in total. The van der Waals surface area contributed by atoms with E-state index < -0.39 is 0 Å². The molecule has 0 bridgehead atoms. The molecular formula is C17H24BrN5. The first-order chi connectivity index (χ1) is 11.1. The zero-order valence-electron chi connectivity index (χ0n) is 14.0. The highest BCUT2D eigenvalue weighted by Gasteiger charge is 2.09. The molecule has 0 aliphatic heterocycles. The minimum atomic E-state index is 0.723. The van der Waals surface area contributed by atoms with Crippen LogP contribution in [-0.2, 0) is 20.0 Å². The molecule has 0 unspecified atom stereocenters. The van der Waals surface area contributed by atoms with Crippen LogP contribution in [0.3, 0.4) is 0 Å². The Morgan fingerprint density at radius 3 is 2.87 bits per heavy atom. The smallest absolute Gasteiger partial charge is 0.194 e. The molecular weight excluding hydrogens is 354 g/mol. The van der Waals surface area contributed by atoms with Crippen LogP contribution in [0.15, 0.2) is 46.1 Å². The second kappa shape index (κ2) is 8.72. The Labute approximate surface area is 146 Å². The molecule has 0 saturated carbocycles. The van der Waals surface area contributed by atoms with E-state index in [1.807, 2.05) is 24.4 Å². The first kappa shape index (κ1) is 17.5. The van der Waals surface area contributed by atoms with Crippen molar-refractivity contribution in [1.82, 2.24) is 19.8 Å². The molecule has 0 atom stereocenters. The third-order valence-electron chi connectivity index (χ3n) is 3.53. The third-order valence-corrected chi connectivity index (χ3v) is 3.96. The minimum absolute atomic E-state index is 0.723. The molecule has 2 aromatic rings. The lowest BCUT2D eigenvalue weighted by Crippen LogP contribution is -2.39. The van der Waals surface area contributed by atoms with Crippen LogP contribution < -0.4 is 5.32 Å². The summed E-state index contributed by atoms with van der Waals surface area (Å²) in [5.74, 6) is 0.917. The Morgan fingerprint density at radius 1 is 1.43 bits per heavy atom. The molecule has 0 amide bonds. The molecule has 23 heavy (non-hydrogen) atoms. The molecule has 0 saturated heterocycles. The monoisotopic (exact) mass is 377 g/mol. The van der Waals surface area contributed by atoms with Crippen LogP contribution in [0, 0.1) is 0 Å². The number of hydrogen-bond donors (Lipinski definition) is 1. The van der Waals surface area contributed by atoms with E-state index in [-0.39, 0.29) is 0 Å². The summed E-state index contributed by atoms with van der Waals surface area (Å²) in [7, 11) is 4.11. The molecule has 0 aromatic carbocycles. The zero-order valence-corrected chi connectivity index (χ0v) is 15.5. The molecule has 2 aromatic heterocycles. The molecule has 1 N–H and O–H groups in total. The Balaban J connectivity index is 1.98. The summed E-state index contributed by atoms with van der Waals surface area (Å²) in [4.78, 5) is 11.2. The van der Waals surface area contributed by atoms with Crippen molar-refractivity contribution >= 4 is 21.9 Å². The standard InChI is InChI=1S/C17H24BrN5/c1-4-19-17(21-10-8-15-7-5-6-9-20-15)23(3)13-16-11-14(18)12-22(16)2/h5-7,9,11-12H,4,8,10,13H2,1-3H3,(H,19,21). The van der Waals surface area contributed by atoms with E-state index in [2.05, 4.69) is 69.0 Å². The van der Waals surface area contributed by atoms with Gasteiger partial charge in [0, 0.05) is 61.9 Å². The summed E-state index contributed by atoms with van der Waals surface area (Å²) < 4.78 is 3.22. The van der Waals surface area contributed by atoms with Gasteiger partial charge < -0.3 is 14.8 Å². The average molecular weight is 378 g/mol. The first-order valence-electron chi connectivity index (χ1n) is 7.80. The molecule has 0 fully saturated rings. The van der Waals surface area contributed by atoms with Gasteiger partial charge in [-0.1, -0.05) is 6.07 Å². The number of nitrogens with zero attached hydrogens (tertiary/aromatic N) is 4. The second-order valence-corrected chi connectivity index (χ2v) is 6.34. The van der Waals surface area contributed by atoms with E-state index in [1.165, 1.54) is 5.69 Å². The van der Waals surface area contributed by atoms with Gasteiger partial charge in [-0.15, -0.1) is 0 Å². The lowest BCUT2D eigenvalue weighted by atomic mass is 10.3. The van der Waals surface area contributed by atoms with Gasteiger partial charge in [0.2, 0.25) is 0 Å². The van der Waals surface area contributed by atoms with Crippen molar-refractivity contribution in [2.45, 2.75) is 19.9 Å². The number of aromatic nitrogens is 2. The topological polar surface area (TPSA) is 45.5 Å². The Morgan fingerprint density at radius 2 is 2.26 bits per heavy atom. The Bertz CT molecular complexity index is 636. The number of aryl methyl sites for hydroxylation is 1. The summed E-state index contributed by atoms with van der Waals surface area (Å²) >= 11 is 3.52. The van der Waals surface area contributed by atoms with Crippen molar-refractivity contribution in [2.24, 2.45) is 12.0 Å². The predicted octanol–water partition coefficient (Wildman–Crippen LogP) is 2.82. The van der Waals surface area contributed by atoms with Crippen LogP contribution in [0.25, 0.3) is 0 Å². The summed E-state index contributed by atoms with van der Waals surface area (Å²) in [5, 5.41) is 3.35. The molecule has 6 heteroatoms. The summed E-state index contributed by atoms with van der Waals surface area (Å²) in [5.41, 5.74) is 2.30. The highest BCUT2D eigenvalue weighted by molar-refractivity contribution is 9.10. The van der Waals surface area contributed by atoms with E-state index in [9.17, 15) is 0 Å². The second-order valence-electron chi connectivity index (χ2n) is 5.42. The van der Waals surface area contributed by atoms with E-state index in [1.54, 1.807) is 0 Å². The van der Waals surface area contributed by atoms with Gasteiger partial charge in [-0.2, -0.15) is 0 Å². The van der Waals surface area contributed by atoms with E-state index >= 15 is 0 Å². The third kappa shape index (κ3) is 5.39. The van der Waals surface area contributed by atoms with E-state index in [4.69, 9.17) is 4.99 Å². The molecule has 0 aliphatic rings. The molecule has 2 rings (SSSR count). The van der Waals surface area contributed by atoms with Gasteiger partial charge in [0.1, 0.15) is 0 Å². The fourth-order valence-corrected chi connectivity index (χ4v) is 2.90. The van der Waals surface area contributed by atoms with Crippen LogP contribution in [0.1, 0.15) is 18.3 Å². The van der Waals surface area contributed by atoms with Crippen LogP contribution in [-0.4, -0.2) is 40.5 Å². The lowest BCUT2D eigenvalue weighted by Gasteiger charge is -2.22. The molecule has 0 aliphatic carbocycles. The van der Waals surface area contributed by atoms with Crippen LogP contribution in [0.5, 0.6) is 0 Å².